The number of aromatic carboxylic acids is 1. The molecule has 0 unspecified atom stereocenters. The van der Waals surface area contributed by atoms with Gasteiger partial charge in [0.15, 0.2) is 0 Å². The molecule has 0 saturated heterocycles. The van der Waals surface area contributed by atoms with Crippen molar-refractivity contribution in [1.29, 1.82) is 0 Å². The van der Waals surface area contributed by atoms with Crippen LogP contribution in [0.25, 0.3) is 0 Å². The fourth-order valence-corrected chi connectivity index (χ4v) is 1.96. The molecule has 0 aliphatic rings. The van der Waals surface area contributed by atoms with Crippen molar-refractivity contribution < 1.29 is 14.6 Å². The third kappa shape index (κ3) is 4.81. The highest BCUT2D eigenvalue weighted by Gasteiger charge is 2.11. The van der Waals surface area contributed by atoms with Gasteiger partial charge in [-0.05, 0) is 62.7 Å². The molecule has 116 valence electrons. The number of anilines is 1. The van der Waals surface area contributed by atoms with Crippen LogP contribution in [-0.4, -0.2) is 16.7 Å². The summed E-state index contributed by atoms with van der Waals surface area (Å²) < 4.78 is 5.78. The maximum Gasteiger partial charge on any atom is 0.335 e. The maximum atomic E-state index is 10.8. The zero-order valence-corrected chi connectivity index (χ0v) is 13.1. The summed E-state index contributed by atoms with van der Waals surface area (Å²) in [5.41, 5.74) is 2.10. The van der Waals surface area contributed by atoms with Crippen LogP contribution in [0.15, 0.2) is 48.5 Å². The van der Waals surface area contributed by atoms with Gasteiger partial charge in [0.1, 0.15) is 11.4 Å². The molecule has 4 heteroatoms. The number of benzene rings is 2. The summed E-state index contributed by atoms with van der Waals surface area (Å²) in [7, 11) is 0. The van der Waals surface area contributed by atoms with Crippen molar-refractivity contribution in [3.05, 3.63) is 59.7 Å². The van der Waals surface area contributed by atoms with Crippen LogP contribution >= 0.6 is 0 Å². The van der Waals surface area contributed by atoms with Crippen LogP contribution in [0.2, 0.25) is 0 Å². The van der Waals surface area contributed by atoms with Crippen LogP contribution in [0.4, 0.5) is 5.69 Å². The molecular formula is C18H21NO3. The van der Waals surface area contributed by atoms with Gasteiger partial charge >= 0.3 is 5.97 Å². The molecule has 2 N–H and O–H groups in total. The summed E-state index contributed by atoms with van der Waals surface area (Å²) in [4.78, 5) is 10.8. The molecule has 0 amide bonds. The fraction of sp³-hybridized carbons (Fsp3) is 0.278. The molecule has 0 bridgehead atoms. The van der Waals surface area contributed by atoms with Gasteiger partial charge in [-0.25, -0.2) is 4.79 Å². The average Bonchev–Trinajstić information content (AvgIpc) is 2.45. The van der Waals surface area contributed by atoms with E-state index in [2.05, 4.69) is 5.32 Å². The van der Waals surface area contributed by atoms with E-state index in [9.17, 15) is 4.79 Å². The van der Waals surface area contributed by atoms with Crippen molar-refractivity contribution in [3.8, 4) is 5.75 Å². The lowest BCUT2D eigenvalue weighted by Gasteiger charge is -2.21. The molecule has 0 saturated carbocycles. The third-order valence-corrected chi connectivity index (χ3v) is 2.98. The smallest absolute Gasteiger partial charge is 0.335 e. The second-order valence-corrected chi connectivity index (χ2v) is 6.09. The summed E-state index contributed by atoms with van der Waals surface area (Å²) in [6, 6.07) is 14.6. The van der Waals surface area contributed by atoms with Crippen LogP contribution in [-0.2, 0) is 6.54 Å². The standard InChI is InChI=1S/C18H21NO3/c1-18(2,3)22-16-10-4-13(5-11-16)12-19-15-8-6-14(7-9-15)17(20)21/h4-11,19H,12H2,1-3H3,(H,20,21). The molecule has 0 aliphatic heterocycles. The Kier molecular flexibility index (Phi) is 4.71. The Hall–Kier alpha value is -2.49. The fourth-order valence-electron chi connectivity index (χ4n) is 1.96. The van der Waals surface area contributed by atoms with Gasteiger partial charge in [-0.3, -0.25) is 0 Å². The van der Waals surface area contributed by atoms with E-state index in [1.165, 1.54) is 0 Å². The van der Waals surface area contributed by atoms with Crippen molar-refractivity contribution in [2.75, 3.05) is 5.32 Å². The minimum absolute atomic E-state index is 0.203. The summed E-state index contributed by atoms with van der Waals surface area (Å²) in [5.74, 6) is -0.0666. The van der Waals surface area contributed by atoms with E-state index in [0.717, 1.165) is 17.0 Å². The Morgan fingerprint density at radius 1 is 1.05 bits per heavy atom. The number of ether oxygens (including phenoxy) is 1. The number of carbonyl (C=O) groups is 1. The normalized spacial score (nSPS) is 11.0. The first-order valence-corrected chi connectivity index (χ1v) is 7.19. The summed E-state index contributed by atoms with van der Waals surface area (Å²) in [5, 5.41) is 12.1. The van der Waals surface area contributed by atoms with Crippen LogP contribution in [0, 0.1) is 0 Å². The Morgan fingerprint density at radius 2 is 1.64 bits per heavy atom. The van der Waals surface area contributed by atoms with Crippen molar-refractivity contribution in [1.82, 2.24) is 0 Å². The SMILES string of the molecule is CC(C)(C)Oc1ccc(CNc2ccc(C(=O)O)cc2)cc1. The molecule has 2 rings (SSSR count). The lowest BCUT2D eigenvalue weighted by atomic mass is 10.1. The van der Waals surface area contributed by atoms with Crippen LogP contribution in [0.1, 0.15) is 36.7 Å². The molecule has 2 aromatic rings. The summed E-state index contributed by atoms with van der Waals surface area (Å²) in [6.45, 7) is 6.72. The van der Waals surface area contributed by atoms with E-state index in [4.69, 9.17) is 9.84 Å². The van der Waals surface area contributed by atoms with E-state index in [-0.39, 0.29) is 11.2 Å². The molecule has 0 spiro atoms. The number of hydrogen-bond acceptors (Lipinski definition) is 3. The van der Waals surface area contributed by atoms with E-state index in [1.54, 1.807) is 24.3 Å². The molecule has 0 radical (unpaired) electrons. The Morgan fingerprint density at radius 3 is 2.14 bits per heavy atom. The third-order valence-electron chi connectivity index (χ3n) is 2.98. The number of carboxylic acids is 1. The Bertz CT molecular complexity index is 625. The lowest BCUT2D eigenvalue weighted by Crippen LogP contribution is -2.22. The van der Waals surface area contributed by atoms with Gasteiger partial charge in [0.2, 0.25) is 0 Å². The first kappa shape index (κ1) is 15.9. The molecular weight excluding hydrogens is 278 g/mol. The maximum absolute atomic E-state index is 10.8. The summed E-state index contributed by atoms with van der Waals surface area (Å²) >= 11 is 0. The minimum atomic E-state index is -0.916. The van der Waals surface area contributed by atoms with Gasteiger partial charge in [-0.2, -0.15) is 0 Å². The van der Waals surface area contributed by atoms with E-state index >= 15 is 0 Å². The van der Waals surface area contributed by atoms with Gasteiger partial charge in [-0.15, -0.1) is 0 Å². The van der Waals surface area contributed by atoms with Crippen molar-refractivity contribution in [3.63, 3.8) is 0 Å². The predicted molar refractivity (Wildman–Crippen MR) is 87.6 cm³/mol. The Balaban J connectivity index is 1.92. The number of nitrogens with one attached hydrogen (secondary N) is 1. The quantitative estimate of drug-likeness (QED) is 0.869. The molecule has 0 heterocycles. The molecule has 0 atom stereocenters. The molecule has 0 aromatic heterocycles. The lowest BCUT2D eigenvalue weighted by molar-refractivity contribution is 0.0697. The Labute approximate surface area is 130 Å². The van der Waals surface area contributed by atoms with E-state index in [0.29, 0.717) is 6.54 Å². The number of carboxylic acid groups (broad SMARTS) is 1. The minimum Gasteiger partial charge on any atom is -0.488 e. The van der Waals surface area contributed by atoms with E-state index < -0.39 is 5.97 Å². The van der Waals surface area contributed by atoms with Crippen molar-refractivity contribution in [2.24, 2.45) is 0 Å². The van der Waals surface area contributed by atoms with Crippen molar-refractivity contribution in [2.45, 2.75) is 32.9 Å². The highest BCUT2D eigenvalue weighted by molar-refractivity contribution is 5.87. The van der Waals surface area contributed by atoms with Gasteiger partial charge in [0, 0.05) is 12.2 Å². The van der Waals surface area contributed by atoms with Gasteiger partial charge in [-0.1, -0.05) is 12.1 Å². The molecule has 2 aromatic carbocycles. The van der Waals surface area contributed by atoms with Gasteiger partial charge in [0.25, 0.3) is 0 Å². The highest BCUT2D eigenvalue weighted by atomic mass is 16.5. The molecule has 0 aliphatic carbocycles. The molecule has 0 fully saturated rings. The van der Waals surface area contributed by atoms with Crippen LogP contribution in [0.5, 0.6) is 5.75 Å². The summed E-state index contributed by atoms with van der Waals surface area (Å²) in [6.07, 6.45) is 0. The average molecular weight is 299 g/mol. The monoisotopic (exact) mass is 299 g/mol. The van der Waals surface area contributed by atoms with Gasteiger partial charge in [0.05, 0.1) is 5.56 Å². The predicted octanol–water partition coefficient (Wildman–Crippen LogP) is 4.17. The zero-order chi connectivity index (χ0) is 16.2. The molecule has 4 nitrogen and oxygen atoms in total. The molecule has 22 heavy (non-hydrogen) atoms. The first-order valence-electron chi connectivity index (χ1n) is 7.19. The van der Waals surface area contributed by atoms with Crippen LogP contribution < -0.4 is 10.1 Å². The topological polar surface area (TPSA) is 58.6 Å². The van der Waals surface area contributed by atoms with Crippen molar-refractivity contribution >= 4 is 11.7 Å². The number of rotatable bonds is 5. The van der Waals surface area contributed by atoms with Crippen LogP contribution in [0.3, 0.4) is 0 Å². The first-order chi connectivity index (χ1) is 10.3. The van der Waals surface area contributed by atoms with E-state index in [1.807, 2.05) is 45.0 Å². The second-order valence-electron chi connectivity index (χ2n) is 6.09. The largest absolute Gasteiger partial charge is 0.488 e. The number of hydrogen-bond donors (Lipinski definition) is 2. The second kappa shape index (κ2) is 6.52. The zero-order valence-electron chi connectivity index (χ0n) is 13.1. The van der Waals surface area contributed by atoms with Gasteiger partial charge < -0.3 is 15.2 Å². The highest BCUT2D eigenvalue weighted by Crippen LogP contribution is 2.19.